The molecule has 0 N–H and O–H groups in total. The summed E-state index contributed by atoms with van der Waals surface area (Å²) in [7, 11) is -3.53. The number of amides is 1. The van der Waals surface area contributed by atoms with Crippen molar-refractivity contribution in [3.8, 4) is 11.5 Å². The minimum absolute atomic E-state index is 0.0335. The van der Waals surface area contributed by atoms with Crippen LogP contribution in [-0.2, 0) is 10.0 Å². The molecule has 8 heteroatoms. The Balaban J connectivity index is 1.33. The first kappa shape index (κ1) is 22.2. The fourth-order valence-corrected chi connectivity index (χ4v) is 6.51. The topological polar surface area (TPSA) is 76.2 Å². The molecule has 2 fully saturated rings. The molecule has 0 radical (unpaired) electrons. The molecule has 1 amide bonds. The molecule has 3 aliphatic heterocycles. The summed E-state index contributed by atoms with van der Waals surface area (Å²) >= 11 is 0. The average molecular weight is 471 g/mol. The summed E-state index contributed by atoms with van der Waals surface area (Å²) in [6.45, 7) is 2.87. The Bertz CT molecular complexity index is 1110. The van der Waals surface area contributed by atoms with Gasteiger partial charge in [-0.05, 0) is 67.6 Å². The van der Waals surface area contributed by atoms with Crippen LogP contribution in [0.1, 0.15) is 60.5 Å². The molecule has 0 unspecified atom stereocenters. The van der Waals surface area contributed by atoms with Crippen molar-refractivity contribution in [1.82, 2.24) is 9.21 Å². The van der Waals surface area contributed by atoms with Crippen LogP contribution >= 0.6 is 0 Å². The quantitative estimate of drug-likeness (QED) is 0.675. The monoisotopic (exact) mass is 470 g/mol. The van der Waals surface area contributed by atoms with Gasteiger partial charge in [-0.2, -0.15) is 4.31 Å². The van der Waals surface area contributed by atoms with Crippen LogP contribution in [0.15, 0.2) is 47.4 Å². The number of likely N-dealkylation sites (tertiary alicyclic amines) is 1. The minimum atomic E-state index is -3.53. The van der Waals surface area contributed by atoms with Crippen molar-refractivity contribution in [2.75, 3.05) is 32.8 Å². The van der Waals surface area contributed by atoms with E-state index in [0.717, 1.165) is 55.6 Å². The number of ether oxygens (including phenoxy) is 2. The first-order chi connectivity index (χ1) is 16.0. The third-order valence-electron chi connectivity index (χ3n) is 6.77. The summed E-state index contributed by atoms with van der Waals surface area (Å²) in [5.41, 5.74) is 1.54. The Hall–Kier alpha value is -2.58. The second-order valence-electron chi connectivity index (χ2n) is 8.90. The highest BCUT2D eigenvalue weighted by molar-refractivity contribution is 7.89. The molecule has 2 aromatic rings. The van der Waals surface area contributed by atoms with E-state index in [-0.39, 0.29) is 16.8 Å². The van der Waals surface area contributed by atoms with Crippen LogP contribution in [0.4, 0.5) is 0 Å². The highest BCUT2D eigenvalue weighted by atomic mass is 32.2. The fourth-order valence-electron chi connectivity index (χ4n) is 4.99. The Morgan fingerprint density at radius 3 is 2.24 bits per heavy atom. The summed E-state index contributed by atoms with van der Waals surface area (Å²) in [5.74, 6) is 1.38. The largest absolute Gasteiger partial charge is 0.486 e. The van der Waals surface area contributed by atoms with E-state index in [2.05, 4.69) is 0 Å². The van der Waals surface area contributed by atoms with Gasteiger partial charge >= 0.3 is 0 Å². The van der Waals surface area contributed by atoms with Gasteiger partial charge in [0.05, 0.1) is 10.9 Å². The molecule has 176 valence electrons. The molecule has 7 nitrogen and oxygen atoms in total. The van der Waals surface area contributed by atoms with Crippen LogP contribution in [0.5, 0.6) is 11.5 Å². The van der Waals surface area contributed by atoms with Gasteiger partial charge in [-0.1, -0.05) is 18.9 Å². The van der Waals surface area contributed by atoms with Gasteiger partial charge in [0, 0.05) is 25.2 Å². The van der Waals surface area contributed by atoms with E-state index in [9.17, 15) is 13.2 Å². The number of hydrogen-bond donors (Lipinski definition) is 0. The van der Waals surface area contributed by atoms with Crippen LogP contribution in [0.3, 0.4) is 0 Å². The predicted octanol–water partition coefficient (Wildman–Crippen LogP) is 4.00. The Kier molecular flexibility index (Phi) is 6.29. The van der Waals surface area contributed by atoms with Crippen molar-refractivity contribution in [2.24, 2.45) is 0 Å². The number of hydrogen-bond acceptors (Lipinski definition) is 5. The normalized spacial score (nSPS) is 21.6. The van der Waals surface area contributed by atoms with E-state index < -0.39 is 10.0 Å². The highest BCUT2D eigenvalue weighted by Crippen LogP contribution is 2.38. The lowest BCUT2D eigenvalue weighted by Crippen LogP contribution is -2.32. The average Bonchev–Trinajstić information content (AvgIpc) is 3.17. The standard InChI is InChI=1S/C25H30N2O5S/c28-25(19-7-10-21(11-8-19)33(29,30)26-13-3-1-2-4-14-26)27-15-5-6-22(27)20-9-12-23-24(18-20)32-17-16-31-23/h7-12,18,22H,1-6,13-17H2/t22-/m0/s1. The predicted molar refractivity (Wildman–Crippen MR) is 124 cm³/mol. The second kappa shape index (κ2) is 9.35. The second-order valence-corrected chi connectivity index (χ2v) is 10.8. The van der Waals surface area contributed by atoms with Gasteiger partial charge in [0.15, 0.2) is 11.5 Å². The van der Waals surface area contributed by atoms with Gasteiger partial charge in [0.25, 0.3) is 5.91 Å². The molecule has 5 rings (SSSR count). The molecule has 3 aliphatic rings. The summed E-state index contributed by atoms with van der Waals surface area (Å²) in [4.78, 5) is 15.5. The maximum absolute atomic E-state index is 13.3. The first-order valence-electron chi connectivity index (χ1n) is 11.8. The molecule has 2 saturated heterocycles. The molecule has 0 spiro atoms. The summed E-state index contributed by atoms with van der Waals surface area (Å²) in [6, 6.07) is 12.3. The van der Waals surface area contributed by atoms with Crippen LogP contribution in [0, 0.1) is 0 Å². The number of carbonyl (C=O) groups excluding carboxylic acids is 1. The zero-order valence-corrected chi connectivity index (χ0v) is 19.6. The number of carbonyl (C=O) groups is 1. The van der Waals surface area contributed by atoms with Crippen molar-refractivity contribution in [2.45, 2.75) is 49.5 Å². The number of benzene rings is 2. The van der Waals surface area contributed by atoms with E-state index >= 15 is 0 Å². The summed E-state index contributed by atoms with van der Waals surface area (Å²) in [5, 5.41) is 0. The van der Waals surface area contributed by atoms with E-state index in [1.165, 1.54) is 0 Å². The minimum Gasteiger partial charge on any atom is -0.486 e. The fraction of sp³-hybridized carbons (Fsp3) is 0.480. The molecule has 3 heterocycles. The lowest BCUT2D eigenvalue weighted by molar-refractivity contribution is 0.0735. The first-order valence-corrected chi connectivity index (χ1v) is 13.3. The summed E-state index contributed by atoms with van der Waals surface area (Å²) in [6.07, 6.45) is 5.73. The zero-order chi connectivity index (χ0) is 22.8. The lowest BCUT2D eigenvalue weighted by Gasteiger charge is -2.27. The van der Waals surface area contributed by atoms with E-state index in [1.54, 1.807) is 28.6 Å². The molecule has 33 heavy (non-hydrogen) atoms. The van der Waals surface area contributed by atoms with Gasteiger partial charge in [0.1, 0.15) is 13.2 Å². The van der Waals surface area contributed by atoms with Crippen LogP contribution in [0.25, 0.3) is 0 Å². The van der Waals surface area contributed by atoms with Gasteiger partial charge < -0.3 is 14.4 Å². The molecule has 0 aromatic heterocycles. The van der Waals surface area contributed by atoms with Crippen molar-refractivity contribution in [3.63, 3.8) is 0 Å². The third-order valence-corrected chi connectivity index (χ3v) is 8.68. The molecular weight excluding hydrogens is 440 g/mol. The van der Waals surface area contributed by atoms with E-state index in [0.29, 0.717) is 38.4 Å². The smallest absolute Gasteiger partial charge is 0.254 e. The van der Waals surface area contributed by atoms with Crippen LogP contribution in [0.2, 0.25) is 0 Å². The Morgan fingerprint density at radius 2 is 1.52 bits per heavy atom. The SMILES string of the molecule is O=C(c1ccc(S(=O)(=O)N2CCCCCC2)cc1)N1CCC[C@H]1c1ccc2c(c1)OCCO2. The maximum Gasteiger partial charge on any atom is 0.254 e. The van der Waals surface area contributed by atoms with Crippen LogP contribution < -0.4 is 9.47 Å². The van der Waals surface area contributed by atoms with Gasteiger partial charge in [-0.15, -0.1) is 0 Å². The number of rotatable bonds is 4. The Labute approximate surface area is 195 Å². The molecule has 1 atom stereocenters. The van der Waals surface area contributed by atoms with Crippen molar-refractivity contribution in [1.29, 1.82) is 0 Å². The molecule has 0 aliphatic carbocycles. The van der Waals surface area contributed by atoms with Gasteiger partial charge in [0.2, 0.25) is 10.0 Å². The summed E-state index contributed by atoms with van der Waals surface area (Å²) < 4.78 is 39.0. The number of fused-ring (bicyclic) bond motifs is 1. The highest BCUT2D eigenvalue weighted by Gasteiger charge is 2.32. The molecule has 0 bridgehead atoms. The maximum atomic E-state index is 13.3. The van der Waals surface area contributed by atoms with Crippen LogP contribution in [-0.4, -0.2) is 56.4 Å². The molecule has 0 saturated carbocycles. The zero-order valence-electron chi connectivity index (χ0n) is 18.7. The van der Waals surface area contributed by atoms with Crippen molar-refractivity contribution >= 4 is 15.9 Å². The molecular formula is C25H30N2O5S. The van der Waals surface area contributed by atoms with Crippen molar-refractivity contribution in [3.05, 3.63) is 53.6 Å². The third kappa shape index (κ3) is 4.46. The van der Waals surface area contributed by atoms with E-state index in [4.69, 9.17) is 9.47 Å². The number of nitrogens with zero attached hydrogens (tertiary/aromatic N) is 2. The Morgan fingerprint density at radius 1 is 0.818 bits per heavy atom. The van der Waals surface area contributed by atoms with E-state index in [1.807, 2.05) is 23.1 Å². The molecule has 2 aromatic carbocycles. The number of sulfonamides is 1. The van der Waals surface area contributed by atoms with Gasteiger partial charge in [-0.3, -0.25) is 4.79 Å². The lowest BCUT2D eigenvalue weighted by atomic mass is 10.0. The van der Waals surface area contributed by atoms with Gasteiger partial charge in [-0.25, -0.2) is 8.42 Å². The van der Waals surface area contributed by atoms with Crippen molar-refractivity contribution < 1.29 is 22.7 Å².